The minimum absolute atomic E-state index is 0.308. The number of phenols is 1. The summed E-state index contributed by atoms with van der Waals surface area (Å²) in [6.45, 7) is 6.53. The Hall–Kier alpha value is -2.93. The van der Waals surface area contributed by atoms with E-state index in [1.54, 1.807) is 13.2 Å². The number of aromatic hydroxyl groups is 1. The van der Waals surface area contributed by atoms with Crippen LogP contribution in [-0.2, 0) is 0 Å². The Morgan fingerprint density at radius 3 is 2.31 bits per heavy atom. The van der Waals surface area contributed by atoms with Gasteiger partial charge in [0.05, 0.1) is 18.8 Å². The van der Waals surface area contributed by atoms with Gasteiger partial charge < -0.3 is 25.0 Å². The number of guanidine groups is 1. The number of likely N-dealkylation sites (tertiary alicyclic amines) is 1. The number of phenolic OH excluding ortho intramolecular Hbond substituents is 1. The van der Waals surface area contributed by atoms with E-state index in [1.807, 2.05) is 37.4 Å². The highest BCUT2D eigenvalue weighted by Gasteiger charge is 2.26. The van der Waals surface area contributed by atoms with Gasteiger partial charge in [-0.3, -0.25) is 9.89 Å². The molecule has 32 heavy (non-hydrogen) atoms. The second-order valence-electron chi connectivity index (χ2n) is 8.42. The topological polar surface area (TPSA) is 63.6 Å². The summed E-state index contributed by atoms with van der Waals surface area (Å²) in [5.41, 5.74) is 2.21. The molecule has 0 aromatic heterocycles. The Morgan fingerprint density at radius 1 is 1.00 bits per heavy atom. The van der Waals surface area contributed by atoms with Gasteiger partial charge in [0.2, 0.25) is 0 Å². The van der Waals surface area contributed by atoms with Crippen molar-refractivity contribution < 1.29 is 9.84 Å². The number of hydrogen-bond donors (Lipinski definition) is 2. The first-order valence-electron chi connectivity index (χ1n) is 11.6. The largest absolute Gasteiger partial charge is 0.506 e. The molecule has 1 atom stereocenters. The molecule has 2 aliphatic rings. The third-order valence-electron chi connectivity index (χ3n) is 6.55. The maximum atomic E-state index is 10.2. The lowest BCUT2D eigenvalue weighted by Crippen LogP contribution is -2.53. The van der Waals surface area contributed by atoms with E-state index in [2.05, 4.69) is 37.1 Å². The van der Waals surface area contributed by atoms with E-state index in [0.29, 0.717) is 11.8 Å². The molecule has 2 aromatic rings. The maximum Gasteiger partial charge on any atom is 0.193 e. The quantitative estimate of drug-likeness (QED) is 0.535. The van der Waals surface area contributed by atoms with Crippen molar-refractivity contribution in [3.8, 4) is 11.5 Å². The first-order chi connectivity index (χ1) is 15.7. The summed E-state index contributed by atoms with van der Waals surface area (Å²) in [6.07, 6.45) is 2.52. The molecule has 0 saturated carbocycles. The molecule has 0 spiro atoms. The maximum absolute atomic E-state index is 10.2. The number of para-hydroxylation sites is 2. The zero-order valence-corrected chi connectivity index (χ0v) is 19.2. The molecule has 2 aromatic carbocycles. The van der Waals surface area contributed by atoms with Gasteiger partial charge in [0.1, 0.15) is 11.5 Å². The summed E-state index contributed by atoms with van der Waals surface area (Å²) in [6, 6.07) is 16.3. The molecule has 7 heteroatoms. The number of ether oxygens (including phenoxy) is 1. The predicted octanol–water partition coefficient (Wildman–Crippen LogP) is 2.94. The fraction of sp³-hybridized carbons (Fsp3) is 0.480. The van der Waals surface area contributed by atoms with Crippen LogP contribution < -0.4 is 15.0 Å². The predicted molar refractivity (Wildman–Crippen MR) is 130 cm³/mol. The van der Waals surface area contributed by atoms with E-state index >= 15 is 0 Å². The van der Waals surface area contributed by atoms with Gasteiger partial charge in [-0.1, -0.05) is 24.3 Å². The molecule has 172 valence electrons. The van der Waals surface area contributed by atoms with Crippen molar-refractivity contribution >= 4 is 11.6 Å². The number of rotatable bonds is 6. The van der Waals surface area contributed by atoms with Crippen LogP contribution in [0.15, 0.2) is 53.5 Å². The highest BCUT2D eigenvalue weighted by atomic mass is 16.5. The lowest BCUT2D eigenvalue weighted by molar-refractivity contribution is 0.242. The van der Waals surface area contributed by atoms with Crippen LogP contribution >= 0.6 is 0 Å². The van der Waals surface area contributed by atoms with Crippen molar-refractivity contribution in [3.63, 3.8) is 0 Å². The average Bonchev–Trinajstić information content (AvgIpc) is 3.37. The van der Waals surface area contributed by atoms with Crippen molar-refractivity contribution in [3.05, 3.63) is 54.1 Å². The van der Waals surface area contributed by atoms with Crippen molar-refractivity contribution in [2.45, 2.75) is 18.9 Å². The van der Waals surface area contributed by atoms with Gasteiger partial charge in [-0.15, -0.1) is 0 Å². The third kappa shape index (κ3) is 5.10. The number of benzene rings is 2. The van der Waals surface area contributed by atoms with Crippen LogP contribution in [0.25, 0.3) is 0 Å². The fourth-order valence-corrected chi connectivity index (χ4v) is 4.75. The lowest BCUT2D eigenvalue weighted by Gasteiger charge is -2.38. The number of aliphatic imine (C=N–C) groups is 1. The van der Waals surface area contributed by atoms with Crippen molar-refractivity contribution in [1.82, 2.24) is 15.1 Å². The van der Waals surface area contributed by atoms with E-state index in [4.69, 9.17) is 4.74 Å². The molecule has 0 bridgehead atoms. The van der Waals surface area contributed by atoms with Crippen LogP contribution in [0.1, 0.15) is 24.4 Å². The molecule has 0 radical (unpaired) electrons. The zero-order chi connectivity index (χ0) is 22.3. The van der Waals surface area contributed by atoms with Crippen LogP contribution in [-0.4, -0.2) is 80.8 Å². The Morgan fingerprint density at radius 2 is 1.69 bits per heavy atom. The Balaban J connectivity index is 1.38. The van der Waals surface area contributed by atoms with E-state index in [0.717, 1.165) is 63.2 Å². The van der Waals surface area contributed by atoms with Gasteiger partial charge >= 0.3 is 0 Å². The summed E-state index contributed by atoms with van der Waals surface area (Å²) in [4.78, 5) is 11.7. The highest BCUT2D eigenvalue weighted by Crippen LogP contribution is 2.28. The van der Waals surface area contributed by atoms with Crippen molar-refractivity contribution in [2.24, 2.45) is 4.99 Å². The number of anilines is 1. The Bertz CT molecular complexity index is 887. The number of nitrogens with zero attached hydrogens (tertiary/aromatic N) is 4. The van der Waals surface area contributed by atoms with Crippen LogP contribution in [0, 0.1) is 0 Å². The second-order valence-corrected chi connectivity index (χ2v) is 8.42. The average molecular weight is 438 g/mol. The molecular weight excluding hydrogens is 402 g/mol. The third-order valence-corrected chi connectivity index (χ3v) is 6.55. The second kappa shape index (κ2) is 10.6. The Labute approximate surface area is 191 Å². The Kier molecular flexibility index (Phi) is 7.37. The molecule has 0 amide bonds. The van der Waals surface area contributed by atoms with E-state index in [9.17, 15) is 5.11 Å². The van der Waals surface area contributed by atoms with Crippen LogP contribution in [0.2, 0.25) is 0 Å². The molecule has 2 aliphatic heterocycles. The SMILES string of the molecule is CN=C(NCC(c1ccc(OC)cc1)N1CCCC1)N1CCN(c2ccccc2O)CC1. The van der Waals surface area contributed by atoms with Crippen LogP contribution in [0.3, 0.4) is 0 Å². The fourth-order valence-electron chi connectivity index (χ4n) is 4.75. The van der Waals surface area contributed by atoms with Crippen LogP contribution in [0.5, 0.6) is 11.5 Å². The molecule has 2 N–H and O–H groups in total. The molecule has 2 saturated heterocycles. The van der Waals surface area contributed by atoms with Gasteiger partial charge in [0, 0.05) is 39.8 Å². The van der Waals surface area contributed by atoms with Crippen LogP contribution in [0.4, 0.5) is 5.69 Å². The molecule has 2 heterocycles. The molecule has 4 rings (SSSR count). The van der Waals surface area contributed by atoms with Crippen molar-refractivity contribution in [1.29, 1.82) is 0 Å². The van der Waals surface area contributed by atoms with E-state index < -0.39 is 0 Å². The smallest absolute Gasteiger partial charge is 0.193 e. The minimum atomic E-state index is 0.308. The molecular formula is C25H35N5O2. The summed E-state index contributed by atoms with van der Waals surface area (Å²) >= 11 is 0. The van der Waals surface area contributed by atoms with Crippen molar-refractivity contribution in [2.75, 3.05) is 64.9 Å². The van der Waals surface area contributed by atoms with Gasteiger partial charge in [-0.25, -0.2) is 0 Å². The number of hydrogen-bond acceptors (Lipinski definition) is 5. The monoisotopic (exact) mass is 437 g/mol. The molecule has 0 aliphatic carbocycles. The summed E-state index contributed by atoms with van der Waals surface area (Å²) in [5, 5.41) is 13.8. The molecule has 1 unspecified atom stereocenters. The molecule has 7 nitrogen and oxygen atoms in total. The first kappa shape index (κ1) is 22.3. The summed E-state index contributed by atoms with van der Waals surface area (Å²) < 4.78 is 5.34. The first-order valence-corrected chi connectivity index (χ1v) is 11.6. The highest BCUT2D eigenvalue weighted by molar-refractivity contribution is 5.80. The number of nitrogens with one attached hydrogen (secondary N) is 1. The summed E-state index contributed by atoms with van der Waals surface area (Å²) in [7, 11) is 3.56. The standard InChI is InChI=1S/C25H35N5O2/c1-26-25(30-17-15-29(16-18-30)22-7-3-4-8-24(22)31)27-19-23(28-13-5-6-14-28)20-9-11-21(32-2)12-10-20/h3-4,7-12,23,31H,5-6,13-19H2,1-2H3,(H,26,27). The van der Waals surface area contributed by atoms with Gasteiger partial charge in [-0.2, -0.15) is 0 Å². The number of methoxy groups -OCH3 is 1. The van der Waals surface area contributed by atoms with Gasteiger partial charge in [0.25, 0.3) is 0 Å². The zero-order valence-electron chi connectivity index (χ0n) is 19.2. The van der Waals surface area contributed by atoms with E-state index in [-0.39, 0.29) is 0 Å². The normalized spacial score (nSPS) is 18.6. The molecule has 2 fully saturated rings. The number of piperazine rings is 1. The van der Waals surface area contributed by atoms with E-state index in [1.165, 1.54) is 18.4 Å². The lowest BCUT2D eigenvalue weighted by atomic mass is 10.1. The van der Waals surface area contributed by atoms with Gasteiger partial charge in [0.15, 0.2) is 5.96 Å². The summed E-state index contributed by atoms with van der Waals surface area (Å²) in [5.74, 6) is 2.18. The van der Waals surface area contributed by atoms with Gasteiger partial charge in [-0.05, 0) is 55.8 Å². The minimum Gasteiger partial charge on any atom is -0.506 e.